The van der Waals surface area contributed by atoms with Crippen molar-refractivity contribution in [2.45, 2.75) is 13.1 Å². The third-order valence-electron chi connectivity index (χ3n) is 1.38. The number of alkyl halides is 3. The predicted octanol–water partition coefficient (Wildman–Crippen LogP) is 1.89. The normalized spacial score (nSPS) is 10.5. The maximum Gasteiger partial charge on any atom is 0.420 e. The SMILES string of the molecule is CCOC.O=Cc1[nH]ncc1C(F)(F)F. The lowest BCUT2D eigenvalue weighted by Crippen LogP contribution is -2.06. The Morgan fingerprint density at radius 3 is 2.40 bits per heavy atom. The molecule has 1 aromatic heterocycles. The van der Waals surface area contributed by atoms with Gasteiger partial charge in [0.15, 0.2) is 6.29 Å². The zero-order valence-corrected chi connectivity index (χ0v) is 8.26. The quantitative estimate of drug-likeness (QED) is 0.780. The Morgan fingerprint density at radius 2 is 2.13 bits per heavy atom. The number of aromatic amines is 1. The molecule has 0 radical (unpaired) electrons. The number of carbonyl (C=O) groups is 1. The van der Waals surface area contributed by atoms with Gasteiger partial charge in [-0.3, -0.25) is 9.89 Å². The van der Waals surface area contributed by atoms with Crippen LogP contribution in [0.15, 0.2) is 6.20 Å². The van der Waals surface area contributed by atoms with Crippen molar-refractivity contribution in [1.82, 2.24) is 10.2 Å². The number of halogens is 3. The monoisotopic (exact) mass is 224 g/mol. The van der Waals surface area contributed by atoms with Crippen molar-refractivity contribution in [3.63, 3.8) is 0 Å². The number of carbonyl (C=O) groups excluding carboxylic acids is 1. The molecule has 0 fully saturated rings. The molecular formula is C8H11F3N2O2. The molecule has 0 amide bonds. The van der Waals surface area contributed by atoms with E-state index in [0.717, 1.165) is 6.61 Å². The van der Waals surface area contributed by atoms with Crippen LogP contribution in [-0.4, -0.2) is 30.2 Å². The molecule has 0 bridgehead atoms. The maximum atomic E-state index is 11.8. The molecule has 1 N–H and O–H groups in total. The minimum atomic E-state index is -4.51. The van der Waals surface area contributed by atoms with E-state index in [1.165, 1.54) is 0 Å². The molecule has 0 aromatic carbocycles. The number of nitrogens with zero attached hydrogens (tertiary/aromatic N) is 1. The van der Waals surface area contributed by atoms with Crippen molar-refractivity contribution in [3.8, 4) is 0 Å². The van der Waals surface area contributed by atoms with E-state index in [9.17, 15) is 18.0 Å². The lowest BCUT2D eigenvalue weighted by Gasteiger charge is -2.01. The van der Waals surface area contributed by atoms with E-state index in [1.54, 1.807) is 7.11 Å². The first kappa shape index (κ1) is 13.6. The first-order valence-electron chi connectivity index (χ1n) is 4.02. The highest BCUT2D eigenvalue weighted by atomic mass is 19.4. The van der Waals surface area contributed by atoms with Crippen molar-refractivity contribution < 1.29 is 22.7 Å². The van der Waals surface area contributed by atoms with Gasteiger partial charge in [0.1, 0.15) is 11.3 Å². The third-order valence-corrected chi connectivity index (χ3v) is 1.38. The lowest BCUT2D eigenvalue weighted by atomic mass is 10.2. The second-order valence-electron chi connectivity index (χ2n) is 2.39. The van der Waals surface area contributed by atoms with Crippen LogP contribution in [0.4, 0.5) is 13.2 Å². The molecule has 1 rings (SSSR count). The van der Waals surface area contributed by atoms with Crippen molar-refractivity contribution in [1.29, 1.82) is 0 Å². The molecule has 0 spiro atoms. The highest BCUT2D eigenvalue weighted by molar-refractivity contribution is 5.74. The summed E-state index contributed by atoms with van der Waals surface area (Å²) in [6.45, 7) is 2.78. The van der Waals surface area contributed by atoms with Gasteiger partial charge in [0, 0.05) is 13.7 Å². The van der Waals surface area contributed by atoms with Gasteiger partial charge in [0.25, 0.3) is 0 Å². The number of hydrogen-bond acceptors (Lipinski definition) is 3. The molecular weight excluding hydrogens is 213 g/mol. The van der Waals surface area contributed by atoms with E-state index in [4.69, 9.17) is 0 Å². The average Bonchev–Trinajstić information content (AvgIpc) is 2.65. The highest BCUT2D eigenvalue weighted by Crippen LogP contribution is 2.29. The van der Waals surface area contributed by atoms with Crippen LogP contribution in [0.3, 0.4) is 0 Å². The Morgan fingerprint density at radius 1 is 1.60 bits per heavy atom. The molecule has 0 unspecified atom stereocenters. The van der Waals surface area contributed by atoms with Gasteiger partial charge in [-0.25, -0.2) is 0 Å². The van der Waals surface area contributed by atoms with Crippen LogP contribution in [0.2, 0.25) is 0 Å². The van der Waals surface area contributed by atoms with E-state index in [2.05, 4.69) is 9.84 Å². The molecule has 0 aliphatic carbocycles. The van der Waals surface area contributed by atoms with Gasteiger partial charge in [-0.05, 0) is 6.92 Å². The largest absolute Gasteiger partial charge is 0.420 e. The Balaban J connectivity index is 0.000000423. The molecule has 0 saturated heterocycles. The summed E-state index contributed by atoms with van der Waals surface area (Å²) in [7, 11) is 1.68. The van der Waals surface area contributed by atoms with Crippen molar-refractivity contribution in [2.75, 3.05) is 13.7 Å². The zero-order valence-electron chi connectivity index (χ0n) is 8.26. The van der Waals surface area contributed by atoms with Gasteiger partial charge in [-0.15, -0.1) is 0 Å². The molecule has 0 aliphatic rings. The van der Waals surface area contributed by atoms with Crippen LogP contribution in [0.25, 0.3) is 0 Å². The minimum absolute atomic E-state index is 0.0792. The Bertz CT molecular complexity index is 294. The Labute approximate surface area is 84.4 Å². The Kier molecular flexibility index (Phi) is 5.61. The summed E-state index contributed by atoms with van der Waals surface area (Å²) in [5, 5.41) is 5.01. The molecule has 0 saturated carbocycles. The summed E-state index contributed by atoms with van der Waals surface area (Å²) in [6, 6.07) is 0. The molecule has 86 valence electrons. The number of H-pyrrole nitrogens is 1. The van der Waals surface area contributed by atoms with Crippen LogP contribution < -0.4 is 0 Å². The summed E-state index contributed by atoms with van der Waals surface area (Å²) >= 11 is 0. The fourth-order valence-electron chi connectivity index (χ4n) is 0.612. The fraction of sp³-hybridized carbons (Fsp3) is 0.500. The van der Waals surface area contributed by atoms with E-state index < -0.39 is 17.4 Å². The van der Waals surface area contributed by atoms with Crippen LogP contribution in [0.1, 0.15) is 23.0 Å². The standard InChI is InChI=1S/C5H3F3N2O.C3H8O/c6-5(7,8)3-1-9-10-4(3)2-11;1-3-4-2/h1-2H,(H,9,10);3H2,1-2H3. The number of aromatic nitrogens is 2. The number of aldehydes is 1. The van der Waals surface area contributed by atoms with Gasteiger partial charge in [-0.1, -0.05) is 0 Å². The molecule has 1 aromatic rings. The zero-order chi connectivity index (χ0) is 11.9. The number of hydrogen-bond donors (Lipinski definition) is 1. The maximum absolute atomic E-state index is 11.8. The number of ether oxygens (including phenoxy) is 1. The van der Waals surface area contributed by atoms with Gasteiger partial charge in [-0.2, -0.15) is 18.3 Å². The summed E-state index contributed by atoms with van der Waals surface area (Å²) in [4.78, 5) is 9.96. The Hall–Kier alpha value is -1.37. The molecule has 15 heavy (non-hydrogen) atoms. The second-order valence-corrected chi connectivity index (χ2v) is 2.39. The minimum Gasteiger partial charge on any atom is -0.385 e. The topological polar surface area (TPSA) is 55.0 Å². The molecule has 0 aliphatic heterocycles. The summed E-state index contributed by atoms with van der Waals surface area (Å²) in [5.41, 5.74) is -1.58. The summed E-state index contributed by atoms with van der Waals surface area (Å²) in [6.07, 6.45) is -3.86. The van der Waals surface area contributed by atoms with E-state index in [1.807, 2.05) is 12.0 Å². The number of nitrogens with one attached hydrogen (secondary N) is 1. The van der Waals surface area contributed by atoms with Crippen molar-refractivity contribution in [3.05, 3.63) is 17.5 Å². The van der Waals surface area contributed by atoms with E-state index in [0.29, 0.717) is 6.20 Å². The molecule has 7 heteroatoms. The predicted molar refractivity (Wildman–Crippen MR) is 46.5 cm³/mol. The van der Waals surface area contributed by atoms with Crippen LogP contribution in [0.5, 0.6) is 0 Å². The van der Waals surface area contributed by atoms with E-state index in [-0.39, 0.29) is 6.29 Å². The summed E-state index contributed by atoms with van der Waals surface area (Å²) in [5.74, 6) is 0. The van der Waals surface area contributed by atoms with Crippen molar-refractivity contribution >= 4 is 6.29 Å². The number of rotatable bonds is 2. The highest BCUT2D eigenvalue weighted by Gasteiger charge is 2.34. The van der Waals surface area contributed by atoms with Crippen molar-refractivity contribution in [2.24, 2.45) is 0 Å². The lowest BCUT2D eigenvalue weighted by molar-refractivity contribution is -0.137. The number of methoxy groups -OCH3 is 1. The molecule has 4 nitrogen and oxygen atoms in total. The van der Waals surface area contributed by atoms with Crippen LogP contribution in [0, 0.1) is 0 Å². The van der Waals surface area contributed by atoms with Gasteiger partial charge in [0.05, 0.1) is 6.20 Å². The van der Waals surface area contributed by atoms with Crippen LogP contribution >= 0.6 is 0 Å². The first-order chi connectivity index (χ1) is 6.97. The third kappa shape index (κ3) is 4.59. The van der Waals surface area contributed by atoms with Gasteiger partial charge >= 0.3 is 6.18 Å². The average molecular weight is 224 g/mol. The summed E-state index contributed by atoms with van der Waals surface area (Å²) < 4.78 is 40.1. The smallest absolute Gasteiger partial charge is 0.385 e. The van der Waals surface area contributed by atoms with Gasteiger partial charge < -0.3 is 4.74 Å². The van der Waals surface area contributed by atoms with Crippen LogP contribution in [-0.2, 0) is 10.9 Å². The first-order valence-corrected chi connectivity index (χ1v) is 4.02. The molecule has 0 atom stereocenters. The molecule has 1 heterocycles. The fourth-order valence-corrected chi connectivity index (χ4v) is 0.612. The van der Waals surface area contributed by atoms with Gasteiger partial charge in [0.2, 0.25) is 0 Å². The second kappa shape index (κ2) is 6.18. The van der Waals surface area contributed by atoms with E-state index >= 15 is 0 Å².